The number of anilines is 1. The Morgan fingerprint density at radius 2 is 1.79 bits per heavy atom. The molecular weight excluding hydrogens is 408 g/mol. The number of phenolic OH excluding ortho intramolecular Hbond substituents is 1. The van der Waals surface area contributed by atoms with Gasteiger partial charge in [-0.2, -0.15) is 0 Å². The number of aromatic nitrogens is 1. The fourth-order valence-corrected chi connectivity index (χ4v) is 5.17. The number of nitrogens with zero attached hydrogens (tertiary/aromatic N) is 2. The largest absolute Gasteiger partial charge is 0.508 e. The number of fused-ring (bicyclic) bond motifs is 6. The van der Waals surface area contributed by atoms with Crippen molar-refractivity contribution in [1.29, 1.82) is 0 Å². The Hall–Kier alpha value is -3.28. The molecule has 1 aromatic heterocycles. The number of likely N-dealkylation sites (N-methyl/N-ethyl adjacent to an activating group) is 1. The van der Waals surface area contributed by atoms with Gasteiger partial charge in [0.05, 0.1) is 6.04 Å². The van der Waals surface area contributed by atoms with Crippen LogP contribution in [0.15, 0.2) is 72.9 Å². The number of piperazine rings is 1. The highest BCUT2D eigenvalue weighted by Crippen LogP contribution is 2.38. The number of aromatic hydroxyl groups is 1. The molecule has 3 heterocycles. The summed E-state index contributed by atoms with van der Waals surface area (Å²) in [4.78, 5) is 8.20. The van der Waals surface area contributed by atoms with Gasteiger partial charge in [0.2, 0.25) is 0 Å². The first-order valence-electron chi connectivity index (χ1n) is 11.7. The number of para-hydroxylation sites is 1. The number of benzene rings is 3. The number of H-pyrrole nitrogens is 1. The van der Waals surface area contributed by atoms with E-state index in [1.165, 1.54) is 22.4 Å². The summed E-state index contributed by atoms with van der Waals surface area (Å²) >= 11 is 0. The van der Waals surface area contributed by atoms with Gasteiger partial charge in [-0.25, -0.2) is 0 Å². The van der Waals surface area contributed by atoms with E-state index in [1.54, 1.807) is 12.1 Å². The summed E-state index contributed by atoms with van der Waals surface area (Å²) in [7, 11) is 2.23. The van der Waals surface area contributed by atoms with Crippen LogP contribution in [0, 0.1) is 0 Å². The number of rotatable bonds is 2. The van der Waals surface area contributed by atoms with E-state index in [9.17, 15) is 5.11 Å². The molecule has 0 radical (unpaired) electrons. The third kappa shape index (κ3) is 4.34. The summed E-state index contributed by atoms with van der Waals surface area (Å²) in [5, 5.41) is 10.4. The minimum absolute atomic E-state index is 0.297. The van der Waals surface area contributed by atoms with Gasteiger partial charge in [0.15, 0.2) is 0 Å². The molecule has 3 aromatic carbocycles. The molecule has 0 saturated carbocycles. The van der Waals surface area contributed by atoms with Gasteiger partial charge in [-0.3, -0.25) is 0 Å². The summed E-state index contributed by atoms with van der Waals surface area (Å²) in [6.07, 6.45) is 3.84. The lowest BCUT2D eigenvalue weighted by Crippen LogP contribution is -2.46. The molecule has 6 rings (SSSR count). The van der Waals surface area contributed by atoms with Crippen LogP contribution in [0.3, 0.4) is 0 Å². The molecule has 5 nitrogen and oxygen atoms in total. The number of hydrogen-bond donors (Lipinski definition) is 3. The number of nitrogens with one attached hydrogen (secondary N) is 1. The quantitative estimate of drug-likeness (QED) is 0.431. The fraction of sp³-hybridized carbons (Fsp3) is 0.286. The third-order valence-electron chi connectivity index (χ3n) is 6.84. The molecule has 2 aliphatic rings. The first-order valence-corrected chi connectivity index (χ1v) is 11.7. The van der Waals surface area contributed by atoms with Gasteiger partial charge >= 0.3 is 0 Å². The molecule has 1 unspecified atom stereocenters. The predicted octanol–water partition coefficient (Wildman–Crippen LogP) is 4.46. The molecule has 1 fully saturated rings. The van der Waals surface area contributed by atoms with E-state index < -0.39 is 0 Å². The summed E-state index contributed by atoms with van der Waals surface area (Å²) in [5.74, 6) is 0.297. The van der Waals surface area contributed by atoms with Gasteiger partial charge in [-0.1, -0.05) is 42.5 Å². The maximum Gasteiger partial charge on any atom is 0.116 e. The van der Waals surface area contributed by atoms with Crippen LogP contribution in [-0.4, -0.2) is 48.2 Å². The fourth-order valence-electron chi connectivity index (χ4n) is 5.17. The van der Waals surface area contributed by atoms with Gasteiger partial charge in [-0.15, -0.1) is 0 Å². The van der Waals surface area contributed by atoms with Crippen molar-refractivity contribution in [2.24, 2.45) is 5.73 Å². The smallest absolute Gasteiger partial charge is 0.116 e. The molecule has 5 heteroatoms. The van der Waals surface area contributed by atoms with Crippen LogP contribution in [0.25, 0.3) is 10.9 Å². The Labute approximate surface area is 195 Å². The van der Waals surface area contributed by atoms with E-state index in [-0.39, 0.29) is 0 Å². The highest BCUT2D eigenvalue weighted by molar-refractivity contribution is 5.84. The van der Waals surface area contributed by atoms with Gasteiger partial charge < -0.3 is 25.6 Å². The van der Waals surface area contributed by atoms with Gasteiger partial charge in [0.1, 0.15) is 5.75 Å². The average Bonchev–Trinajstić information content (AvgIpc) is 3.16. The van der Waals surface area contributed by atoms with E-state index in [0.717, 1.165) is 48.9 Å². The Morgan fingerprint density at radius 1 is 1.00 bits per heavy atom. The van der Waals surface area contributed by atoms with Crippen LogP contribution in [0.4, 0.5) is 5.69 Å². The van der Waals surface area contributed by atoms with Crippen molar-refractivity contribution in [3.8, 4) is 5.75 Å². The monoisotopic (exact) mass is 440 g/mol. The topological polar surface area (TPSA) is 68.5 Å². The van der Waals surface area contributed by atoms with Crippen LogP contribution >= 0.6 is 0 Å². The van der Waals surface area contributed by atoms with E-state index in [4.69, 9.17) is 5.73 Å². The highest BCUT2D eigenvalue weighted by Gasteiger charge is 2.31. The Morgan fingerprint density at radius 3 is 2.64 bits per heavy atom. The number of hydrogen-bond acceptors (Lipinski definition) is 4. The molecule has 4 N–H and O–H groups in total. The molecule has 0 aliphatic carbocycles. The summed E-state index contributed by atoms with van der Waals surface area (Å²) in [6.45, 7) is 4.01. The minimum atomic E-state index is 0.297. The Bertz CT molecular complexity index is 1250. The van der Waals surface area contributed by atoms with Crippen LogP contribution in [0.1, 0.15) is 28.3 Å². The van der Waals surface area contributed by atoms with Crippen molar-refractivity contribution in [2.45, 2.75) is 18.9 Å². The molecule has 170 valence electrons. The zero-order valence-corrected chi connectivity index (χ0v) is 19.2. The van der Waals surface area contributed by atoms with E-state index in [0.29, 0.717) is 18.3 Å². The molecule has 0 spiro atoms. The van der Waals surface area contributed by atoms with Crippen molar-refractivity contribution in [3.05, 3.63) is 95.2 Å². The first-order chi connectivity index (χ1) is 16.1. The molecule has 2 aliphatic heterocycles. The molecule has 33 heavy (non-hydrogen) atoms. The lowest BCUT2D eigenvalue weighted by atomic mass is 9.96. The van der Waals surface area contributed by atoms with Crippen LogP contribution in [-0.2, 0) is 12.8 Å². The highest BCUT2D eigenvalue weighted by atomic mass is 16.3. The molecule has 0 amide bonds. The molecule has 0 bridgehead atoms. The Balaban J connectivity index is 0.000000152. The van der Waals surface area contributed by atoms with Crippen molar-refractivity contribution in [3.63, 3.8) is 0 Å². The van der Waals surface area contributed by atoms with Gasteiger partial charge in [0, 0.05) is 42.4 Å². The molecule has 1 atom stereocenters. The van der Waals surface area contributed by atoms with Crippen molar-refractivity contribution < 1.29 is 5.11 Å². The van der Waals surface area contributed by atoms with E-state index in [2.05, 4.69) is 70.4 Å². The number of nitrogens with two attached hydrogens (primary N) is 1. The molecule has 1 saturated heterocycles. The zero-order valence-electron chi connectivity index (χ0n) is 19.2. The summed E-state index contributed by atoms with van der Waals surface area (Å²) in [6, 6.07) is 23.7. The lowest BCUT2D eigenvalue weighted by Gasteiger charge is -2.41. The van der Waals surface area contributed by atoms with Gasteiger partial charge in [-0.05, 0) is 73.0 Å². The number of phenols is 1. The second-order valence-corrected chi connectivity index (χ2v) is 9.06. The first kappa shape index (κ1) is 21.6. The standard InChI is InChI=1S/C18H20N2.C10H12N2O/c1-19-10-11-20-17-9-5-3-7-15(17)12-14-6-2-4-8-16(14)18(20)13-19;11-4-3-7-6-12-10-2-1-8(13)5-9(7)10/h2-9,18H,10-13H2,1H3;1-2,5-6,12-13H,3-4,11H2. The maximum absolute atomic E-state index is 9.30. The summed E-state index contributed by atoms with van der Waals surface area (Å²) in [5.41, 5.74) is 13.6. The predicted molar refractivity (Wildman–Crippen MR) is 136 cm³/mol. The normalized spacial score (nSPS) is 17.4. The zero-order chi connectivity index (χ0) is 22.8. The van der Waals surface area contributed by atoms with Crippen molar-refractivity contribution in [2.75, 3.05) is 38.1 Å². The SMILES string of the molecule is CN1CCN2c3ccccc3Cc3ccccc3C2C1.NCCc1c[nH]c2ccc(O)cc12. The second-order valence-electron chi connectivity index (χ2n) is 9.06. The summed E-state index contributed by atoms with van der Waals surface area (Å²) < 4.78 is 0. The van der Waals surface area contributed by atoms with Crippen LogP contribution < -0.4 is 10.6 Å². The van der Waals surface area contributed by atoms with Crippen LogP contribution in [0.2, 0.25) is 0 Å². The van der Waals surface area contributed by atoms with Crippen molar-refractivity contribution in [1.82, 2.24) is 9.88 Å². The minimum Gasteiger partial charge on any atom is -0.508 e. The second kappa shape index (κ2) is 9.30. The lowest BCUT2D eigenvalue weighted by molar-refractivity contribution is 0.269. The molecular formula is C28H32N4O. The molecule has 4 aromatic rings. The van der Waals surface area contributed by atoms with Crippen LogP contribution in [0.5, 0.6) is 5.75 Å². The van der Waals surface area contributed by atoms with Crippen molar-refractivity contribution >= 4 is 16.6 Å². The van der Waals surface area contributed by atoms with E-state index >= 15 is 0 Å². The average molecular weight is 441 g/mol. The Kier molecular flexibility index (Phi) is 6.07. The van der Waals surface area contributed by atoms with Gasteiger partial charge in [0.25, 0.3) is 0 Å². The maximum atomic E-state index is 9.30. The third-order valence-corrected chi connectivity index (χ3v) is 6.84. The van der Waals surface area contributed by atoms with E-state index in [1.807, 2.05) is 12.3 Å². The number of aromatic amines is 1.